The topological polar surface area (TPSA) is 78.4 Å². The van der Waals surface area contributed by atoms with Crippen molar-refractivity contribution in [3.05, 3.63) is 0 Å². The monoisotopic (exact) mass is 212 g/mol. The minimum Gasteiger partial charge on any atom is -0.480 e. The second-order valence-corrected chi connectivity index (χ2v) is 4.41. The average molecular weight is 212 g/mol. The molecule has 0 spiro atoms. The van der Waals surface area contributed by atoms with E-state index in [-0.39, 0.29) is 5.91 Å². The Labute approximate surface area is 88.2 Å². The van der Waals surface area contributed by atoms with Gasteiger partial charge in [-0.3, -0.25) is 9.59 Å². The Balaban J connectivity index is 1.61. The molecule has 2 aliphatic rings. The van der Waals surface area contributed by atoms with Crippen molar-refractivity contribution in [1.82, 2.24) is 10.6 Å². The molecule has 0 aromatic carbocycles. The van der Waals surface area contributed by atoms with E-state index in [0.29, 0.717) is 31.8 Å². The zero-order valence-electron chi connectivity index (χ0n) is 8.58. The van der Waals surface area contributed by atoms with Crippen LogP contribution >= 0.6 is 0 Å². The highest BCUT2D eigenvalue weighted by Gasteiger charge is 2.49. The number of nitrogens with one attached hydrogen (secondary N) is 2. The summed E-state index contributed by atoms with van der Waals surface area (Å²) in [6.45, 7) is 0.449. The number of aliphatic carboxylic acids is 1. The first-order chi connectivity index (χ1) is 7.12. The lowest BCUT2D eigenvalue weighted by molar-refractivity contribution is -0.140. The number of carboxylic acids is 1. The van der Waals surface area contributed by atoms with E-state index in [1.807, 2.05) is 0 Å². The minimum absolute atomic E-state index is 0.0196. The van der Waals surface area contributed by atoms with Gasteiger partial charge in [0.2, 0.25) is 5.91 Å². The van der Waals surface area contributed by atoms with E-state index in [9.17, 15) is 9.59 Å². The van der Waals surface area contributed by atoms with E-state index >= 15 is 0 Å². The quantitative estimate of drug-likeness (QED) is 0.572. The first-order valence-corrected chi connectivity index (χ1v) is 5.40. The summed E-state index contributed by atoms with van der Waals surface area (Å²) in [4.78, 5) is 22.1. The molecule has 2 saturated carbocycles. The fourth-order valence-corrected chi connectivity index (χ4v) is 1.53. The average Bonchev–Trinajstić information content (AvgIpc) is 2.98. The maximum Gasteiger partial charge on any atom is 0.323 e. The maximum atomic E-state index is 11.3. The Hall–Kier alpha value is -1.10. The van der Waals surface area contributed by atoms with Crippen molar-refractivity contribution < 1.29 is 14.7 Å². The molecule has 3 N–H and O–H groups in total. The Morgan fingerprint density at radius 2 is 2.00 bits per heavy atom. The van der Waals surface area contributed by atoms with Crippen LogP contribution in [0.15, 0.2) is 0 Å². The molecular weight excluding hydrogens is 196 g/mol. The number of rotatable bonds is 6. The molecule has 0 atom stereocenters. The van der Waals surface area contributed by atoms with Gasteiger partial charge in [0.15, 0.2) is 0 Å². The summed E-state index contributed by atoms with van der Waals surface area (Å²) in [7, 11) is 0. The van der Waals surface area contributed by atoms with Gasteiger partial charge in [0.1, 0.15) is 5.54 Å². The highest BCUT2D eigenvalue weighted by atomic mass is 16.4. The van der Waals surface area contributed by atoms with Crippen LogP contribution < -0.4 is 10.6 Å². The molecule has 5 nitrogen and oxygen atoms in total. The maximum absolute atomic E-state index is 11.3. The molecule has 0 aliphatic heterocycles. The minimum atomic E-state index is -0.801. The second kappa shape index (κ2) is 3.81. The van der Waals surface area contributed by atoms with Gasteiger partial charge in [-0.2, -0.15) is 0 Å². The van der Waals surface area contributed by atoms with Crippen molar-refractivity contribution >= 4 is 11.9 Å². The largest absolute Gasteiger partial charge is 0.480 e. The number of carbonyl (C=O) groups is 2. The van der Waals surface area contributed by atoms with E-state index in [1.54, 1.807) is 0 Å². The highest BCUT2D eigenvalue weighted by Crippen LogP contribution is 2.35. The fraction of sp³-hybridized carbons (Fsp3) is 0.800. The van der Waals surface area contributed by atoms with Gasteiger partial charge in [0, 0.05) is 19.0 Å². The van der Waals surface area contributed by atoms with Gasteiger partial charge >= 0.3 is 5.97 Å². The summed E-state index contributed by atoms with van der Waals surface area (Å²) in [6, 6.07) is 0.381. The number of hydrogen-bond acceptors (Lipinski definition) is 3. The third kappa shape index (κ3) is 2.68. The van der Waals surface area contributed by atoms with Crippen LogP contribution in [-0.4, -0.2) is 35.1 Å². The SMILES string of the molecule is O=C(CCNC1(C(=O)O)CC1)NC1CC1. The Morgan fingerprint density at radius 1 is 1.33 bits per heavy atom. The van der Waals surface area contributed by atoms with Gasteiger partial charge in [-0.05, 0) is 25.7 Å². The third-order valence-electron chi connectivity index (χ3n) is 2.92. The van der Waals surface area contributed by atoms with Gasteiger partial charge < -0.3 is 15.7 Å². The zero-order valence-corrected chi connectivity index (χ0v) is 8.58. The summed E-state index contributed by atoms with van der Waals surface area (Å²) in [6.07, 6.45) is 3.88. The molecule has 0 aromatic heterocycles. The molecule has 2 fully saturated rings. The summed E-state index contributed by atoms with van der Waals surface area (Å²) >= 11 is 0. The summed E-state index contributed by atoms with van der Waals surface area (Å²) in [5.74, 6) is -0.781. The molecule has 0 saturated heterocycles. The molecule has 2 rings (SSSR count). The van der Waals surface area contributed by atoms with Crippen molar-refractivity contribution in [1.29, 1.82) is 0 Å². The van der Waals surface area contributed by atoms with E-state index in [0.717, 1.165) is 12.8 Å². The standard InChI is InChI=1S/C10H16N2O3/c13-8(12-7-1-2-7)3-6-11-10(4-5-10)9(14)15/h7,11H,1-6H2,(H,12,13)(H,14,15). The van der Waals surface area contributed by atoms with Gasteiger partial charge in [-0.1, -0.05) is 0 Å². The molecule has 0 bridgehead atoms. The molecule has 0 radical (unpaired) electrons. The lowest BCUT2D eigenvalue weighted by Gasteiger charge is -2.11. The van der Waals surface area contributed by atoms with Crippen LogP contribution in [0.1, 0.15) is 32.1 Å². The predicted octanol–water partition coefficient (Wildman–Crippen LogP) is -0.138. The van der Waals surface area contributed by atoms with Crippen molar-refractivity contribution in [2.45, 2.75) is 43.7 Å². The van der Waals surface area contributed by atoms with Gasteiger partial charge in [-0.25, -0.2) is 0 Å². The molecule has 0 heterocycles. The molecule has 0 unspecified atom stereocenters. The molecule has 1 amide bonds. The number of amides is 1. The second-order valence-electron chi connectivity index (χ2n) is 4.41. The lowest BCUT2D eigenvalue weighted by Crippen LogP contribution is -2.41. The molecular formula is C10H16N2O3. The normalized spacial score (nSPS) is 22.1. The van der Waals surface area contributed by atoms with Crippen molar-refractivity contribution in [2.75, 3.05) is 6.54 Å². The van der Waals surface area contributed by atoms with Crippen LogP contribution in [0.5, 0.6) is 0 Å². The van der Waals surface area contributed by atoms with E-state index in [1.165, 1.54) is 0 Å². The lowest BCUT2D eigenvalue weighted by atomic mass is 10.2. The van der Waals surface area contributed by atoms with Gasteiger partial charge in [-0.15, -0.1) is 0 Å². The van der Waals surface area contributed by atoms with Crippen LogP contribution in [0.25, 0.3) is 0 Å². The third-order valence-corrected chi connectivity index (χ3v) is 2.92. The van der Waals surface area contributed by atoms with E-state index < -0.39 is 11.5 Å². The first kappa shape index (κ1) is 10.4. The highest BCUT2D eigenvalue weighted by molar-refractivity contribution is 5.82. The molecule has 2 aliphatic carbocycles. The van der Waals surface area contributed by atoms with Crippen molar-refractivity contribution in [2.24, 2.45) is 0 Å². The molecule has 5 heteroatoms. The van der Waals surface area contributed by atoms with Crippen LogP contribution in [-0.2, 0) is 9.59 Å². The van der Waals surface area contributed by atoms with Crippen LogP contribution in [0.2, 0.25) is 0 Å². The number of carbonyl (C=O) groups excluding carboxylic acids is 1. The van der Waals surface area contributed by atoms with Crippen LogP contribution in [0, 0.1) is 0 Å². The predicted molar refractivity (Wildman–Crippen MR) is 53.4 cm³/mol. The smallest absolute Gasteiger partial charge is 0.323 e. The van der Waals surface area contributed by atoms with Crippen molar-refractivity contribution in [3.8, 4) is 0 Å². The number of hydrogen-bond donors (Lipinski definition) is 3. The molecule has 0 aromatic rings. The Bertz CT molecular complexity index is 282. The Morgan fingerprint density at radius 3 is 2.47 bits per heavy atom. The first-order valence-electron chi connectivity index (χ1n) is 5.40. The van der Waals surface area contributed by atoms with Gasteiger partial charge in [0.05, 0.1) is 0 Å². The fourth-order valence-electron chi connectivity index (χ4n) is 1.53. The van der Waals surface area contributed by atoms with E-state index in [4.69, 9.17) is 5.11 Å². The van der Waals surface area contributed by atoms with Crippen LogP contribution in [0.4, 0.5) is 0 Å². The van der Waals surface area contributed by atoms with Crippen molar-refractivity contribution in [3.63, 3.8) is 0 Å². The number of carboxylic acid groups (broad SMARTS) is 1. The summed E-state index contributed by atoms with van der Waals surface area (Å²) < 4.78 is 0. The molecule has 15 heavy (non-hydrogen) atoms. The van der Waals surface area contributed by atoms with Crippen LogP contribution in [0.3, 0.4) is 0 Å². The Kier molecular flexibility index (Phi) is 2.65. The summed E-state index contributed by atoms with van der Waals surface area (Å²) in [5, 5.41) is 14.7. The molecule has 84 valence electrons. The zero-order chi connectivity index (χ0) is 10.9. The van der Waals surface area contributed by atoms with Gasteiger partial charge in [0.25, 0.3) is 0 Å². The van der Waals surface area contributed by atoms with E-state index in [2.05, 4.69) is 10.6 Å². The summed E-state index contributed by atoms with van der Waals surface area (Å²) in [5.41, 5.74) is -0.722.